The summed E-state index contributed by atoms with van der Waals surface area (Å²) in [6, 6.07) is 5.32. The van der Waals surface area contributed by atoms with E-state index in [0.29, 0.717) is 5.76 Å². The molecule has 0 N–H and O–H groups in total. The quantitative estimate of drug-likeness (QED) is 0.747. The Morgan fingerprint density at radius 1 is 1.50 bits per heavy atom. The number of furan rings is 1. The van der Waals surface area contributed by atoms with Crippen LogP contribution in [0.15, 0.2) is 16.5 Å². The molecule has 0 amide bonds. The number of hydrogen-bond donors (Lipinski definition) is 0. The van der Waals surface area contributed by atoms with E-state index in [4.69, 9.17) is 25.7 Å². The summed E-state index contributed by atoms with van der Waals surface area (Å²) in [5.74, 6) is 0.472. The molecule has 0 aliphatic rings. The van der Waals surface area contributed by atoms with Crippen molar-refractivity contribution >= 4 is 19.9 Å². The Labute approximate surface area is 89.4 Å². The van der Waals surface area contributed by atoms with E-state index >= 15 is 0 Å². The topological polar surface area (TPSA) is 46.2 Å². The fourth-order valence-corrected chi connectivity index (χ4v) is 2.00. The number of halogens is 1. The Morgan fingerprint density at radius 3 is 2.50 bits per heavy atom. The zero-order valence-corrected chi connectivity index (χ0v) is 10.1. The van der Waals surface area contributed by atoms with E-state index in [1.807, 2.05) is 25.7 Å². The SMILES string of the molecule is C[Si](C)(C)OC(C#N)c1ccc(Cl)o1. The van der Waals surface area contributed by atoms with Crippen molar-refractivity contribution in [2.45, 2.75) is 25.7 Å². The third kappa shape index (κ3) is 3.18. The van der Waals surface area contributed by atoms with Crippen LogP contribution in [0.2, 0.25) is 24.9 Å². The summed E-state index contributed by atoms with van der Waals surface area (Å²) < 4.78 is 10.7. The lowest BCUT2D eigenvalue weighted by Gasteiger charge is -2.19. The van der Waals surface area contributed by atoms with E-state index in [0.717, 1.165) is 0 Å². The molecule has 1 unspecified atom stereocenters. The van der Waals surface area contributed by atoms with Gasteiger partial charge in [0.1, 0.15) is 11.8 Å². The summed E-state index contributed by atoms with van der Waals surface area (Å²) in [6.45, 7) is 6.05. The molecule has 0 saturated heterocycles. The standard InChI is InChI=1S/C9H12ClNO2Si/c1-14(2,3)13-8(6-11)7-4-5-9(10)12-7/h4-5,8H,1-3H3. The van der Waals surface area contributed by atoms with Crippen molar-refractivity contribution in [3.63, 3.8) is 0 Å². The highest BCUT2D eigenvalue weighted by atomic mass is 35.5. The van der Waals surface area contributed by atoms with E-state index < -0.39 is 14.4 Å². The maximum absolute atomic E-state index is 8.90. The van der Waals surface area contributed by atoms with Crippen molar-refractivity contribution in [2.24, 2.45) is 0 Å². The molecule has 0 radical (unpaired) electrons. The Balaban J connectivity index is 2.79. The molecular weight excluding hydrogens is 218 g/mol. The highest BCUT2D eigenvalue weighted by Gasteiger charge is 2.24. The van der Waals surface area contributed by atoms with Gasteiger partial charge in [-0.05, 0) is 43.4 Å². The maximum atomic E-state index is 8.90. The Kier molecular flexibility index (Phi) is 3.37. The van der Waals surface area contributed by atoms with Crippen molar-refractivity contribution in [3.8, 4) is 6.07 Å². The Bertz CT molecular complexity index is 350. The summed E-state index contributed by atoms with van der Waals surface area (Å²) in [7, 11) is -1.74. The molecule has 0 aliphatic heterocycles. The molecule has 14 heavy (non-hydrogen) atoms. The molecule has 1 heterocycles. The van der Waals surface area contributed by atoms with Gasteiger partial charge in [0.2, 0.25) is 0 Å². The third-order valence-corrected chi connectivity index (χ3v) is 2.59. The van der Waals surface area contributed by atoms with Crippen LogP contribution in [0.25, 0.3) is 0 Å². The monoisotopic (exact) mass is 229 g/mol. The summed E-state index contributed by atoms with van der Waals surface area (Å²) in [5, 5.41) is 9.17. The summed E-state index contributed by atoms with van der Waals surface area (Å²) in [5.41, 5.74) is 0. The molecular formula is C9H12ClNO2Si. The van der Waals surface area contributed by atoms with Gasteiger partial charge in [0.15, 0.2) is 19.6 Å². The largest absolute Gasteiger partial charge is 0.446 e. The summed E-state index contributed by atoms with van der Waals surface area (Å²) in [6.07, 6.45) is -0.644. The number of hydrogen-bond acceptors (Lipinski definition) is 3. The number of nitriles is 1. The van der Waals surface area contributed by atoms with Crippen LogP contribution in [0.1, 0.15) is 11.9 Å². The van der Waals surface area contributed by atoms with E-state index in [2.05, 4.69) is 0 Å². The molecule has 3 nitrogen and oxygen atoms in total. The molecule has 1 rings (SSSR count). The summed E-state index contributed by atoms with van der Waals surface area (Å²) in [4.78, 5) is 0. The van der Waals surface area contributed by atoms with Crippen molar-refractivity contribution in [1.82, 2.24) is 0 Å². The van der Waals surface area contributed by atoms with Gasteiger partial charge in [0, 0.05) is 0 Å². The van der Waals surface area contributed by atoms with E-state index in [1.165, 1.54) is 0 Å². The van der Waals surface area contributed by atoms with Gasteiger partial charge in [-0.1, -0.05) is 0 Å². The molecule has 0 aliphatic carbocycles. The van der Waals surface area contributed by atoms with Gasteiger partial charge in [-0.2, -0.15) is 5.26 Å². The van der Waals surface area contributed by atoms with Gasteiger partial charge in [0.05, 0.1) is 0 Å². The fourth-order valence-electron chi connectivity index (χ4n) is 0.971. The zero-order valence-electron chi connectivity index (χ0n) is 8.37. The van der Waals surface area contributed by atoms with Crippen LogP contribution in [-0.4, -0.2) is 8.32 Å². The molecule has 1 aromatic heterocycles. The van der Waals surface area contributed by atoms with Gasteiger partial charge < -0.3 is 8.84 Å². The van der Waals surface area contributed by atoms with E-state index in [-0.39, 0.29) is 5.22 Å². The van der Waals surface area contributed by atoms with Crippen LogP contribution in [-0.2, 0) is 4.43 Å². The first-order chi connectivity index (χ1) is 6.42. The minimum atomic E-state index is -1.74. The highest BCUT2D eigenvalue weighted by Crippen LogP contribution is 2.25. The van der Waals surface area contributed by atoms with Gasteiger partial charge in [-0.25, -0.2) is 0 Å². The summed E-state index contributed by atoms with van der Waals surface area (Å²) >= 11 is 5.61. The van der Waals surface area contributed by atoms with Crippen LogP contribution in [0.5, 0.6) is 0 Å². The van der Waals surface area contributed by atoms with E-state index in [1.54, 1.807) is 12.1 Å². The average Bonchev–Trinajstić information content (AvgIpc) is 2.46. The van der Waals surface area contributed by atoms with Gasteiger partial charge >= 0.3 is 0 Å². The van der Waals surface area contributed by atoms with Crippen molar-refractivity contribution in [1.29, 1.82) is 5.26 Å². The Hall–Kier alpha value is -0.763. The first-order valence-electron chi connectivity index (χ1n) is 4.25. The van der Waals surface area contributed by atoms with Gasteiger partial charge in [-0.15, -0.1) is 0 Å². The van der Waals surface area contributed by atoms with Crippen LogP contribution in [0.4, 0.5) is 0 Å². The Morgan fingerprint density at radius 2 is 2.14 bits per heavy atom. The predicted molar refractivity (Wildman–Crippen MR) is 56.5 cm³/mol. The molecule has 1 aromatic rings. The number of nitrogens with zero attached hydrogens (tertiary/aromatic N) is 1. The fraction of sp³-hybridized carbons (Fsp3) is 0.444. The molecule has 76 valence electrons. The van der Waals surface area contributed by atoms with Crippen LogP contribution < -0.4 is 0 Å². The van der Waals surface area contributed by atoms with E-state index in [9.17, 15) is 0 Å². The minimum absolute atomic E-state index is 0.277. The third-order valence-electron chi connectivity index (χ3n) is 1.44. The molecule has 0 aromatic carbocycles. The maximum Gasteiger partial charge on any atom is 0.193 e. The molecule has 5 heteroatoms. The molecule has 0 saturated carbocycles. The minimum Gasteiger partial charge on any atom is -0.446 e. The normalized spacial score (nSPS) is 13.6. The van der Waals surface area contributed by atoms with Crippen LogP contribution in [0, 0.1) is 11.3 Å². The zero-order chi connectivity index (χ0) is 10.8. The second-order valence-corrected chi connectivity index (χ2v) is 8.71. The lowest BCUT2D eigenvalue weighted by atomic mass is 10.3. The lowest BCUT2D eigenvalue weighted by molar-refractivity contribution is 0.222. The van der Waals surface area contributed by atoms with Crippen molar-refractivity contribution in [2.75, 3.05) is 0 Å². The van der Waals surface area contributed by atoms with Crippen molar-refractivity contribution < 1.29 is 8.84 Å². The van der Waals surface area contributed by atoms with Gasteiger partial charge in [-0.3, -0.25) is 0 Å². The van der Waals surface area contributed by atoms with Crippen LogP contribution in [0.3, 0.4) is 0 Å². The first kappa shape index (κ1) is 11.3. The van der Waals surface area contributed by atoms with Crippen molar-refractivity contribution in [3.05, 3.63) is 23.1 Å². The molecule has 0 bridgehead atoms. The van der Waals surface area contributed by atoms with Crippen LogP contribution >= 0.6 is 11.6 Å². The van der Waals surface area contributed by atoms with Gasteiger partial charge in [0.25, 0.3) is 0 Å². The lowest BCUT2D eigenvalue weighted by Crippen LogP contribution is -2.27. The number of rotatable bonds is 3. The second-order valence-electron chi connectivity index (χ2n) is 3.88. The smallest absolute Gasteiger partial charge is 0.193 e. The first-order valence-corrected chi connectivity index (χ1v) is 8.03. The molecule has 0 fully saturated rings. The predicted octanol–water partition coefficient (Wildman–Crippen LogP) is 3.35. The average molecular weight is 230 g/mol. The molecule has 0 spiro atoms. The second kappa shape index (κ2) is 4.18. The molecule has 1 atom stereocenters. The highest BCUT2D eigenvalue weighted by molar-refractivity contribution is 6.69.